The monoisotopic (exact) mass is 414 g/mol. The Labute approximate surface area is 159 Å². The van der Waals surface area contributed by atoms with Crippen LogP contribution in [0.1, 0.15) is 11.3 Å². The van der Waals surface area contributed by atoms with Crippen LogP contribution in [0.2, 0.25) is 5.02 Å². The van der Waals surface area contributed by atoms with E-state index in [0.29, 0.717) is 5.76 Å². The van der Waals surface area contributed by atoms with Gasteiger partial charge in [-0.05, 0) is 25.1 Å². The summed E-state index contributed by atoms with van der Waals surface area (Å²) in [5, 5.41) is 20.1. The highest BCUT2D eigenvalue weighted by atomic mass is 35.5. The maximum absolute atomic E-state index is 12.9. The average molecular weight is 415 g/mol. The maximum Gasteiger partial charge on any atom is 0.416 e. The standard InChI is InChI=1S/C15H10ClF3N6O3/c1-7-4-11(24-28-7)23-14-12(25(26)27)13(20-6-21-14)22-10-5-8(15(17,18)19)2-3-9(10)16/h2-6H,1H3,(H2,20,21,22,23,24). The molecule has 1 aromatic carbocycles. The molecule has 0 aliphatic rings. The molecular formula is C15H10ClF3N6O3. The minimum Gasteiger partial charge on any atom is -0.360 e. The molecule has 146 valence electrons. The summed E-state index contributed by atoms with van der Waals surface area (Å²) >= 11 is 5.92. The van der Waals surface area contributed by atoms with Crippen LogP contribution in [0.15, 0.2) is 35.1 Å². The number of nitrogens with zero attached hydrogens (tertiary/aromatic N) is 4. The first kappa shape index (κ1) is 19.4. The number of anilines is 4. The van der Waals surface area contributed by atoms with Crippen molar-refractivity contribution in [2.45, 2.75) is 13.1 Å². The third kappa shape index (κ3) is 4.11. The van der Waals surface area contributed by atoms with E-state index in [9.17, 15) is 23.3 Å². The van der Waals surface area contributed by atoms with Gasteiger partial charge in [0.1, 0.15) is 12.1 Å². The Morgan fingerprint density at radius 2 is 1.86 bits per heavy atom. The zero-order chi connectivity index (χ0) is 20.5. The first-order chi connectivity index (χ1) is 13.1. The summed E-state index contributed by atoms with van der Waals surface area (Å²) in [4.78, 5) is 18.3. The number of nitrogens with one attached hydrogen (secondary N) is 2. The van der Waals surface area contributed by atoms with Crippen LogP contribution in [0.25, 0.3) is 0 Å². The third-order valence-corrected chi connectivity index (χ3v) is 3.76. The number of aryl methyl sites for hydroxylation is 1. The minimum atomic E-state index is -4.61. The normalized spacial score (nSPS) is 11.3. The summed E-state index contributed by atoms with van der Waals surface area (Å²) in [5.74, 6) is 0.0125. The van der Waals surface area contributed by atoms with Crippen molar-refractivity contribution < 1.29 is 22.6 Å². The highest BCUT2D eigenvalue weighted by Crippen LogP contribution is 2.37. The molecule has 0 saturated carbocycles. The van der Waals surface area contributed by atoms with E-state index in [-0.39, 0.29) is 28.2 Å². The zero-order valence-corrected chi connectivity index (χ0v) is 14.7. The molecule has 2 heterocycles. The highest BCUT2D eigenvalue weighted by molar-refractivity contribution is 6.33. The lowest BCUT2D eigenvalue weighted by Gasteiger charge is -2.12. The summed E-state index contributed by atoms with van der Waals surface area (Å²) < 4.78 is 43.6. The van der Waals surface area contributed by atoms with Crippen LogP contribution in [-0.4, -0.2) is 20.0 Å². The Balaban J connectivity index is 2.01. The molecule has 0 bridgehead atoms. The predicted octanol–water partition coefficient (Wildman–Crippen LogP) is 4.84. The van der Waals surface area contributed by atoms with Crippen molar-refractivity contribution in [3.05, 3.63) is 57.1 Å². The van der Waals surface area contributed by atoms with Crippen LogP contribution in [0, 0.1) is 17.0 Å². The fourth-order valence-corrected chi connectivity index (χ4v) is 2.37. The second kappa shape index (κ2) is 7.31. The van der Waals surface area contributed by atoms with E-state index >= 15 is 0 Å². The fraction of sp³-hybridized carbons (Fsp3) is 0.133. The van der Waals surface area contributed by atoms with Gasteiger partial charge in [0.15, 0.2) is 5.82 Å². The SMILES string of the molecule is Cc1cc(Nc2ncnc(Nc3cc(C(F)(F)F)ccc3Cl)c2[N+](=O)[O-])no1. The second-order valence-electron chi connectivity index (χ2n) is 5.44. The fourth-order valence-electron chi connectivity index (χ4n) is 2.21. The molecule has 0 aliphatic carbocycles. The summed E-state index contributed by atoms with van der Waals surface area (Å²) in [7, 11) is 0. The summed E-state index contributed by atoms with van der Waals surface area (Å²) in [6, 6.07) is 4.02. The van der Waals surface area contributed by atoms with Crippen molar-refractivity contribution in [2.75, 3.05) is 10.6 Å². The largest absolute Gasteiger partial charge is 0.416 e. The first-order valence-electron chi connectivity index (χ1n) is 7.48. The minimum absolute atomic E-state index is 0.0810. The number of hydrogen-bond donors (Lipinski definition) is 2. The van der Waals surface area contributed by atoms with Gasteiger partial charge in [-0.15, -0.1) is 0 Å². The van der Waals surface area contributed by atoms with Gasteiger partial charge in [-0.3, -0.25) is 10.1 Å². The number of aromatic nitrogens is 3. The molecule has 0 saturated heterocycles. The van der Waals surface area contributed by atoms with Crippen molar-refractivity contribution in [1.82, 2.24) is 15.1 Å². The lowest BCUT2D eigenvalue weighted by molar-refractivity contribution is -0.383. The van der Waals surface area contributed by atoms with Crippen LogP contribution in [0.3, 0.4) is 0 Å². The van der Waals surface area contributed by atoms with Crippen molar-refractivity contribution in [3.8, 4) is 0 Å². The Kier molecular flexibility index (Phi) is 5.05. The molecule has 3 rings (SSSR count). The van der Waals surface area contributed by atoms with Crippen LogP contribution in [-0.2, 0) is 6.18 Å². The van der Waals surface area contributed by atoms with E-state index in [1.807, 2.05) is 0 Å². The van der Waals surface area contributed by atoms with Crippen LogP contribution in [0.5, 0.6) is 0 Å². The molecule has 3 aromatic rings. The summed E-state index contributed by atoms with van der Waals surface area (Å²) in [6.07, 6.45) is -3.62. The molecule has 13 heteroatoms. The molecule has 28 heavy (non-hydrogen) atoms. The zero-order valence-electron chi connectivity index (χ0n) is 13.9. The van der Waals surface area contributed by atoms with E-state index < -0.39 is 22.4 Å². The van der Waals surface area contributed by atoms with Crippen molar-refractivity contribution >= 4 is 40.4 Å². The molecular weight excluding hydrogens is 405 g/mol. The van der Waals surface area contributed by atoms with Gasteiger partial charge in [0.2, 0.25) is 11.6 Å². The molecule has 0 aliphatic heterocycles. The van der Waals surface area contributed by atoms with E-state index in [2.05, 4.69) is 25.8 Å². The third-order valence-electron chi connectivity index (χ3n) is 3.43. The number of benzene rings is 1. The molecule has 0 atom stereocenters. The van der Waals surface area contributed by atoms with Gasteiger partial charge < -0.3 is 15.2 Å². The number of rotatable bonds is 5. The van der Waals surface area contributed by atoms with Crippen molar-refractivity contribution in [1.29, 1.82) is 0 Å². The van der Waals surface area contributed by atoms with Crippen molar-refractivity contribution in [3.63, 3.8) is 0 Å². The molecule has 0 radical (unpaired) electrons. The molecule has 0 amide bonds. The lowest BCUT2D eigenvalue weighted by atomic mass is 10.2. The summed E-state index contributed by atoms with van der Waals surface area (Å²) in [6.45, 7) is 1.62. The molecule has 0 spiro atoms. The van der Waals surface area contributed by atoms with Gasteiger partial charge >= 0.3 is 11.9 Å². The average Bonchev–Trinajstić information content (AvgIpc) is 3.00. The smallest absolute Gasteiger partial charge is 0.360 e. The maximum atomic E-state index is 12.9. The predicted molar refractivity (Wildman–Crippen MR) is 92.9 cm³/mol. The van der Waals surface area contributed by atoms with Crippen molar-refractivity contribution in [2.24, 2.45) is 0 Å². The van der Waals surface area contributed by atoms with Crippen LogP contribution in [0.4, 0.5) is 42.0 Å². The molecule has 2 N–H and O–H groups in total. The van der Waals surface area contributed by atoms with Gasteiger partial charge in [-0.25, -0.2) is 9.97 Å². The van der Waals surface area contributed by atoms with Crippen LogP contribution >= 0.6 is 11.6 Å². The number of hydrogen-bond acceptors (Lipinski definition) is 8. The lowest BCUT2D eigenvalue weighted by Crippen LogP contribution is -2.08. The van der Waals surface area contributed by atoms with Gasteiger partial charge in [-0.2, -0.15) is 13.2 Å². The number of nitro groups is 1. The van der Waals surface area contributed by atoms with E-state index in [1.54, 1.807) is 6.92 Å². The molecule has 0 fully saturated rings. The van der Waals surface area contributed by atoms with Gasteiger partial charge in [-0.1, -0.05) is 16.8 Å². The Morgan fingerprint density at radius 3 is 2.43 bits per heavy atom. The molecule has 0 unspecified atom stereocenters. The first-order valence-corrected chi connectivity index (χ1v) is 7.86. The van der Waals surface area contributed by atoms with E-state index in [4.69, 9.17) is 16.1 Å². The van der Waals surface area contributed by atoms with E-state index in [1.165, 1.54) is 6.07 Å². The highest BCUT2D eigenvalue weighted by Gasteiger charge is 2.31. The van der Waals surface area contributed by atoms with Crippen LogP contribution < -0.4 is 10.6 Å². The quantitative estimate of drug-likeness (QED) is 0.449. The molecule has 2 aromatic heterocycles. The van der Waals surface area contributed by atoms with Gasteiger partial charge in [0.25, 0.3) is 0 Å². The Morgan fingerprint density at radius 1 is 1.18 bits per heavy atom. The Bertz CT molecular complexity index is 1040. The Hall–Kier alpha value is -3.41. The second-order valence-corrected chi connectivity index (χ2v) is 5.85. The number of halogens is 4. The topological polar surface area (TPSA) is 119 Å². The van der Waals surface area contributed by atoms with E-state index in [0.717, 1.165) is 24.5 Å². The number of alkyl halides is 3. The van der Waals surface area contributed by atoms with Gasteiger partial charge in [0, 0.05) is 6.07 Å². The summed E-state index contributed by atoms with van der Waals surface area (Å²) in [5.41, 5.74) is -1.80. The van der Waals surface area contributed by atoms with Gasteiger partial charge in [0.05, 0.1) is 21.2 Å². The molecule has 9 nitrogen and oxygen atoms in total.